The van der Waals surface area contributed by atoms with Crippen LogP contribution in [0.3, 0.4) is 0 Å². The fraction of sp³-hybridized carbons (Fsp3) is 0. The van der Waals surface area contributed by atoms with Gasteiger partial charge in [0.15, 0.2) is 0 Å². The quantitative estimate of drug-likeness (QED) is 0.413. The first-order chi connectivity index (χ1) is 0. The van der Waals surface area contributed by atoms with Crippen LogP contribution in [0.2, 0.25) is 0 Å². The van der Waals surface area contributed by atoms with E-state index in [-0.39, 0.29) is 131 Å². The third kappa shape index (κ3) is 18.2. The normalized spacial score (nSPS) is 0. The fourth-order valence-electron chi connectivity index (χ4n) is 0. The number of hydrogen-bond acceptors (Lipinski definition) is 0. The van der Waals surface area contributed by atoms with E-state index in [1.165, 1.54) is 0 Å². The maximum absolute atomic E-state index is 0. The molecule has 0 aliphatic rings. The summed E-state index contributed by atoms with van der Waals surface area (Å²) >= 11 is 0. The molecule has 0 aliphatic heterocycles. The van der Waals surface area contributed by atoms with E-state index in [1.54, 1.807) is 0 Å². The maximum atomic E-state index is 0. The van der Waals surface area contributed by atoms with Crippen LogP contribution in [0.4, 0.5) is 0 Å². The van der Waals surface area contributed by atoms with Crippen molar-refractivity contribution in [1.82, 2.24) is 0 Å². The van der Waals surface area contributed by atoms with Crippen LogP contribution in [0.15, 0.2) is 0 Å². The Balaban J connectivity index is 0. The molecule has 0 aromatic carbocycles. The smallest absolute Gasteiger partial charge is 1.00 e. The molecule has 5 heteroatoms. The molecule has 31 valence electrons. The van der Waals surface area contributed by atoms with E-state index in [4.69, 9.17) is 0 Å². The standard InChI is InChI=1S/Ba.Ca.Mn.2H4Si.4H/h;;;2*1H4;;;;/q2*+2;;;;4*-1. The summed E-state index contributed by atoms with van der Waals surface area (Å²) < 4.78 is 0. The molecular formula is H12BaCaMnSi2. The molecule has 0 amide bonds. The molecule has 0 atom stereocenters. The Kier molecular flexibility index (Phi) is 186. The van der Waals surface area contributed by atoms with Gasteiger partial charge in [-0.25, -0.2) is 0 Å². The van der Waals surface area contributed by atoms with Gasteiger partial charge in [-0.1, -0.05) is 0 Å². The summed E-state index contributed by atoms with van der Waals surface area (Å²) in [5.41, 5.74) is 0. The van der Waals surface area contributed by atoms with E-state index in [9.17, 15) is 0 Å². The maximum Gasteiger partial charge on any atom is 2.00 e. The van der Waals surface area contributed by atoms with E-state index in [1.807, 2.05) is 0 Å². The second-order valence-corrected chi connectivity index (χ2v) is 0. The van der Waals surface area contributed by atoms with Gasteiger partial charge in [0.05, 0.1) is 0 Å². The Morgan fingerprint density at radius 3 is 1.00 bits per heavy atom. The van der Waals surface area contributed by atoms with Crippen LogP contribution in [0, 0.1) is 0 Å². The van der Waals surface area contributed by atoms with Gasteiger partial charge >= 0.3 is 86.6 Å². The first kappa shape index (κ1) is 37.2. The summed E-state index contributed by atoms with van der Waals surface area (Å²) in [6.07, 6.45) is 0. The molecule has 0 aromatic rings. The van der Waals surface area contributed by atoms with Gasteiger partial charge in [0.1, 0.15) is 0 Å². The van der Waals surface area contributed by atoms with Crippen molar-refractivity contribution in [3.63, 3.8) is 0 Å². The molecule has 0 spiro atoms. The minimum atomic E-state index is 0. The summed E-state index contributed by atoms with van der Waals surface area (Å²) in [4.78, 5) is 0. The van der Waals surface area contributed by atoms with E-state index >= 15 is 0 Å². The van der Waals surface area contributed by atoms with Crippen molar-refractivity contribution in [3.05, 3.63) is 0 Å². The molecule has 0 unspecified atom stereocenters. The van der Waals surface area contributed by atoms with Crippen molar-refractivity contribution in [2.45, 2.75) is 0 Å². The van der Waals surface area contributed by atoms with E-state index in [0.29, 0.717) is 0 Å². The Bertz CT molecular complexity index is 18.5. The van der Waals surface area contributed by atoms with Crippen LogP contribution in [0.5, 0.6) is 0 Å². The molecule has 0 fully saturated rings. The van der Waals surface area contributed by atoms with Crippen molar-refractivity contribution in [1.29, 1.82) is 0 Å². The molecular weight excluding hydrogens is 289 g/mol. The molecule has 0 saturated carbocycles. The van der Waals surface area contributed by atoms with Crippen LogP contribution < -0.4 is 0 Å². The molecule has 0 heterocycles. The zero-order chi connectivity index (χ0) is 0. The van der Waals surface area contributed by atoms with Gasteiger partial charge in [-0.3, -0.25) is 0 Å². The Labute approximate surface area is 128 Å². The number of hydrogen-bond donors (Lipinski definition) is 0. The average molecular weight is 301 g/mol. The van der Waals surface area contributed by atoms with Crippen molar-refractivity contribution < 1.29 is 22.8 Å². The van der Waals surface area contributed by atoms with Crippen LogP contribution in [0.1, 0.15) is 5.71 Å². The Hall–Kier alpha value is 3.78. The number of rotatable bonds is 0. The van der Waals surface area contributed by atoms with E-state index in [0.717, 1.165) is 0 Å². The second-order valence-electron chi connectivity index (χ2n) is 0. The van der Waals surface area contributed by atoms with Gasteiger partial charge in [-0.05, 0) is 21.9 Å². The first-order valence-electron chi connectivity index (χ1n) is 0. The molecule has 1 radical (unpaired) electrons. The van der Waals surface area contributed by atoms with E-state index in [2.05, 4.69) is 0 Å². The predicted octanol–water partition coefficient (Wildman–Crippen LogP) is -3.22. The fourth-order valence-corrected chi connectivity index (χ4v) is 0. The van der Waals surface area contributed by atoms with Crippen LogP contribution in [-0.4, -0.2) is 109 Å². The zero-order valence-corrected chi connectivity index (χ0v) is 9.62. The predicted molar refractivity (Wildman–Crippen MR) is 38.6 cm³/mol. The molecule has 0 aromatic heterocycles. The monoisotopic (exact) mass is 301 g/mol. The van der Waals surface area contributed by atoms with Crippen molar-refractivity contribution in [2.75, 3.05) is 0 Å². The van der Waals surface area contributed by atoms with Gasteiger partial charge < -0.3 is 5.71 Å². The summed E-state index contributed by atoms with van der Waals surface area (Å²) in [7, 11) is 0. The van der Waals surface area contributed by atoms with Crippen molar-refractivity contribution in [3.8, 4) is 0 Å². The van der Waals surface area contributed by atoms with Crippen molar-refractivity contribution >= 4 is 109 Å². The first-order valence-corrected chi connectivity index (χ1v) is 0. The molecule has 0 N–H and O–H groups in total. The summed E-state index contributed by atoms with van der Waals surface area (Å²) in [6, 6.07) is 0. The molecule has 0 saturated heterocycles. The summed E-state index contributed by atoms with van der Waals surface area (Å²) in [6.45, 7) is 0. The molecule has 0 aliphatic carbocycles. The van der Waals surface area contributed by atoms with Gasteiger partial charge in [0.25, 0.3) is 0 Å². The summed E-state index contributed by atoms with van der Waals surface area (Å²) in [5, 5.41) is 0. The van der Waals surface area contributed by atoms with E-state index < -0.39 is 0 Å². The zero-order valence-electron chi connectivity index (χ0n) is 5.79. The second kappa shape index (κ2) is 25.0. The van der Waals surface area contributed by atoms with Gasteiger partial charge in [-0.2, -0.15) is 0 Å². The van der Waals surface area contributed by atoms with Gasteiger partial charge in [-0.15, -0.1) is 0 Å². The minimum Gasteiger partial charge on any atom is -1.00 e. The summed E-state index contributed by atoms with van der Waals surface area (Å²) in [5.74, 6) is 0. The van der Waals surface area contributed by atoms with Gasteiger partial charge in [0.2, 0.25) is 0 Å². The molecule has 5 heavy (non-hydrogen) atoms. The topological polar surface area (TPSA) is 0 Å². The molecule has 0 rings (SSSR count). The van der Waals surface area contributed by atoms with Crippen LogP contribution in [-0.2, 0) is 17.1 Å². The van der Waals surface area contributed by atoms with Crippen molar-refractivity contribution in [2.24, 2.45) is 0 Å². The molecule has 0 bridgehead atoms. The largest absolute Gasteiger partial charge is 2.00 e. The minimum absolute atomic E-state index is 0. The van der Waals surface area contributed by atoms with Crippen LogP contribution >= 0.6 is 0 Å². The Morgan fingerprint density at radius 2 is 1.00 bits per heavy atom. The van der Waals surface area contributed by atoms with Gasteiger partial charge in [0, 0.05) is 17.1 Å². The average Bonchev–Trinajstić information content (AvgIpc) is 0. The SMILES string of the molecule is [Ba+2].[Ca+2].[H-].[H-].[H-].[H-].[Mn].[SiH4].[SiH4]. The van der Waals surface area contributed by atoms with Crippen LogP contribution in [0.25, 0.3) is 0 Å². The third-order valence-corrected chi connectivity index (χ3v) is 0. The Morgan fingerprint density at radius 1 is 1.00 bits per heavy atom. The third-order valence-electron chi connectivity index (χ3n) is 0. The molecule has 0 nitrogen and oxygen atoms in total.